The minimum Gasteiger partial charge on any atom is -0.491 e. The van der Waals surface area contributed by atoms with Gasteiger partial charge in [0.2, 0.25) is 0 Å². The van der Waals surface area contributed by atoms with Gasteiger partial charge in [0.1, 0.15) is 24.3 Å². The quantitative estimate of drug-likeness (QED) is 0.842. The first-order chi connectivity index (χ1) is 10.0. The molecule has 0 saturated carbocycles. The van der Waals surface area contributed by atoms with Gasteiger partial charge in [0, 0.05) is 22.3 Å². The monoisotopic (exact) mass is 329 g/mol. The van der Waals surface area contributed by atoms with E-state index in [4.69, 9.17) is 27.9 Å². The average Bonchev–Trinajstić information content (AvgIpc) is 2.43. The lowest BCUT2D eigenvalue weighted by molar-refractivity contribution is 0.117. The predicted molar refractivity (Wildman–Crippen MR) is 82.9 cm³/mol. The van der Waals surface area contributed by atoms with Gasteiger partial charge in [0.25, 0.3) is 0 Å². The van der Waals surface area contributed by atoms with E-state index in [-0.39, 0.29) is 13.2 Å². The van der Waals surface area contributed by atoms with Gasteiger partial charge in [-0.2, -0.15) is 0 Å². The molecule has 0 radical (unpaired) electrons. The van der Waals surface area contributed by atoms with Crippen molar-refractivity contribution in [3.63, 3.8) is 0 Å². The molecule has 0 aromatic heterocycles. The molecule has 0 spiro atoms. The topological polar surface area (TPSA) is 41.5 Å². The Morgan fingerprint density at radius 3 is 2.48 bits per heavy atom. The summed E-state index contributed by atoms with van der Waals surface area (Å²) in [6, 6.07) is 10.9. The summed E-state index contributed by atoms with van der Waals surface area (Å²) >= 11 is 11.5. The molecule has 0 fully saturated rings. The first-order valence-electron chi connectivity index (χ1n) is 6.29. The van der Waals surface area contributed by atoms with Gasteiger partial charge in [-0.05, 0) is 42.5 Å². The second-order valence-electron chi connectivity index (χ2n) is 4.46. The molecule has 2 rings (SSSR count). The number of nitrogens with one attached hydrogen (secondary N) is 1. The maximum Gasteiger partial charge on any atom is 0.126 e. The van der Waals surface area contributed by atoms with Crippen LogP contribution in [0.25, 0.3) is 0 Å². The number of anilines is 1. The Bertz CT molecular complexity index is 572. The van der Waals surface area contributed by atoms with Crippen molar-refractivity contribution < 1.29 is 14.2 Å². The van der Waals surface area contributed by atoms with Crippen LogP contribution in [0.2, 0.25) is 10.0 Å². The van der Waals surface area contributed by atoms with Crippen LogP contribution in [-0.4, -0.2) is 24.4 Å². The van der Waals surface area contributed by atoms with Gasteiger partial charge in [0.15, 0.2) is 0 Å². The molecule has 0 aliphatic heterocycles. The van der Waals surface area contributed by atoms with Gasteiger partial charge in [-0.3, -0.25) is 0 Å². The smallest absolute Gasteiger partial charge is 0.126 e. The molecule has 0 aliphatic rings. The molecule has 2 aromatic rings. The molecule has 1 atom stereocenters. The standard InChI is InChI=1S/C15H14Cl2FNO2/c16-10-1-3-15(4-2-10)21-9-14(20)8-19-13-6-11(17)5-12(18)7-13/h1-7,14,19-20H,8-9H2. The molecule has 0 amide bonds. The van der Waals surface area contributed by atoms with Crippen LogP contribution in [0.3, 0.4) is 0 Å². The molecule has 1 unspecified atom stereocenters. The highest BCUT2D eigenvalue weighted by Crippen LogP contribution is 2.18. The third-order valence-electron chi connectivity index (χ3n) is 2.66. The molecule has 0 heterocycles. The third-order valence-corrected chi connectivity index (χ3v) is 3.13. The Kier molecular flexibility index (Phi) is 5.67. The molecule has 2 aromatic carbocycles. The first-order valence-corrected chi connectivity index (χ1v) is 7.05. The molecule has 3 nitrogen and oxygen atoms in total. The van der Waals surface area contributed by atoms with Crippen molar-refractivity contribution in [3.8, 4) is 5.75 Å². The largest absolute Gasteiger partial charge is 0.491 e. The Labute approximate surface area is 132 Å². The van der Waals surface area contributed by atoms with Crippen LogP contribution in [0.15, 0.2) is 42.5 Å². The summed E-state index contributed by atoms with van der Waals surface area (Å²) in [7, 11) is 0. The van der Waals surface area contributed by atoms with Crippen LogP contribution in [-0.2, 0) is 0 Å². The third kappa shape index (κ3) is 5.42. The lowest BCUT2D eigenvalue weighted by atomic mass is 10.3. The van der Waals surface area contributed by atoms with Gasteiger partial charge in [0.05, 0.1) is 0 Å². The number of aliphatic hydroxyl groups is 1. The minimum atomic E-state index is -0.747. The Morgan fingerprint density at radius 1 is 1.10 bits per heavy atom. The number of hydrogen-bond acceptors (Lipinski definition) is 3. The van der Waals surface area contributed by atoms with Gasteiger partial charge < -0.3 is 15.2 Å². The van der Waals surface area contributed by atoms with Crippen molar-refractivity contribution in [1.82, 2.24) is 0 Å². The second-order valence-corrected chi connectivity index (χ2v) is 5.33. The fourth-order valence-electron chi connectivity index (χ4n) is 1.67. The summed E-state index contributed by atoms with van der Waals surface area (Å²) in [5.41, 5.74) is 0.505. The van der Waals surface area contributed by atoms with E-state index >= 15 is 0 Å². The van der Waals surface area contributed by atoms with Crippen molar-refractivity contribution >= 4 is 28.9 Å². The molecular formula is C15H14Cl2FNO2. The zero-order valence-corrected chi connectivity index (χ0v) is 12.5. The summed E-state index contributed by atoms with van der Waals surface area (Å²) < 4.78 is 18.5. The fraction of sp³-hybridized carbons (Fsp3) is 0.200. The molecule has 21 heavy (non-hydrogen) atoms. The zero-order valence-electron chi connectivity index (χ0n) is 11.0. The molecule has 2 N–H and O–H groups in total. The lowest BCUT2D eigenvalue weighted by Crippen LogP contribution is -2.26. The van der Waals surface area contributed by atoms with E-state index in [1.807, 2.05) is 0 Å². The molecule has 0 saturated heterocycles. The van der Waals surface area contributed by atoms with Crippen LogP contribution in [0.5, 0.6) is 5.75 Å². The molecular weight excluding hydrogens is 316 g/mol. The van der Waals surface area contributed by atoms with E-state index in [1.54, 1.807) is 30.3 Å². The maximum atomic E-state index is 13.1. The van der Waals surface area contributed by atoms with Crippen molar-refractivity contribution in [2.45, 2.75) is 6.10 Å². The van der Waals surface area contributed by atoms with Crippen LogP contribution >= 0.6 is 23.2 Å². The highest BCUT2D eigenvalue weighted by atomic mass is 35.5. The number of aliphatic hydroxyl groups excluding tert-OH is 1. The Morgan fingerprint density at radius 2 is 1.81 bits per heavy atom. The van der Waals surface area contributed by atoms with E-state index in [0.717, 1.165) is 0 Å². The van der Waals surface area contributed by atoms with E-state index in [9.17, 15) is 9.50 Å². The predicted octanol–water partition coefficient (Wildman–Crippen LogP) is 3.98. The van der Waals surface area contributed by atoms with E-state index in [0.29, 0.717) is 21.5 Å². The lowest BCUT2D eigenvalue weighted by Gasteiger charge is -2.14. The van der Waals surface area contributed by atoms with Crippen LogP contribution in [0.1, 0.15) is 0 Å². The highest BCUT2D eigenvalue weighted by molar-refractivity contribution is 6.31. The average molecular weight is 330 g/mol. The van der Waals surface area contributed by atoms with Crippen molar-refractivity contribution in [3.05, 3.63) is 58.3 Å². The molecule has 0 bridgehead atoms. The van der Waals surface area contributed by atoms with Gasteiger partial charge >= 0.3 is 0 Å². The number of hydrogen-bond donors (Lipinski definition) is 2. The number of ether oxygens (including phenoxy) is 1. The minimum absolute atomic E-state index is 0.109. The second kappa shape index (κ2) is 7.50. The van der Waals surface area contributed by atoms with Crippen molar-refractivity contribution in [1.29, 1.82) is 0 Å². The zero-order chi connectivity index (χ0) is 15.2. The van der Waals surface area contributed by atoms with Gasteiger partial charge in [-0.1, -0.05) is 23.2 Å². The Balaban J connectivity index is 1.79. The SMILES string of the molecule is OC(CNc1cc(F)cc(Cl)c1)COc1ccc(Cl)cc1. The summed E-state index contributed by atoms with van der Waals surface area (Å²) in [5.74, 6) is 0.184. The maximum absolute atomic E-state index is 13.1. The van der Waals surface area contributed by atoms with E-state index in [1.165, 1.54) is 12.1 Å². The summed E-state index contributed by atoms with van der Waals surface area (Å²) in [6.07, 6.45) is -0.747. The molecule has 0 aliphatic carbocycles. The fourth-order valence-corrected chi connectivity index (χ4v) is 2.02. The van der Waals surface area contributed by atoms with Crippen LogP contribution < -0.4 is 10.1 Å². The summed E-state index contributed by atoms with van der Waals surface area (Å²) in [6.45, 7) is 0.324. The number of benzene rings is 2. The van der Waals surface area contributed by atoms with Crippen molar-refractivity contribution in [2.24, 2.45) is 0 Å². The van der Waals surface area contributed by atoms with Gasteiger partial charge in [-0.25, -0.2) is 4.39 Å². The first kappa shape index (κ1) is 15.9. The number of rotatable bonds is 6. The normalized spacial score (nSPS) is 12.0. The number of halogens is 3. The van der Waals surface area contributed by atoms with Crippen LogP contribution in [0.4, 0.5) is 10.1 Å². The van der Waals surface area contributed by atoms with E-state index in [2.05, 4.69) is 5.32 Å². The van der Waals surface area contributed by atoms with Crippen molar-refractivity contribution in [2.75, 3.05) is 18.5 Å². The van der Waals surface area contributed by atoms with Crippen LogP contribution in [0, 0.1) is 5.82 Å². The summed E-state index contributed by atoms with van der Waals surface area (Å²) in [4.78, 5) is 0. The Hall–Kier alpha value is -1.49. The molecule has 6 heteroatoms. The molecule has 112 valence electrons. The van der Waals surface area contributed by atoms with E-state index < -0.39 is 11.9 Å². The summed E-state index contributed by atoms with van der Waals surface area (Å²) in [5, 5.41) is 13.6. The highest BCUT2D eigenvalue weighted by Gasteiger charge is 2.06. The van der Waals surface area contributed by atoms with Gasteiger partial charge in [-0.15, -0.1) is 0 Å².